The van der Waals surface area contributed by atoms with Gasteiger partial charge in [-0.2, -0.15) is 0 Å². The number of carbonyl (C=O) groups excluding carboxylic acids is 2. The number of aromatic amines is 1. The predicted molar refractivity (Wildman–Crippen MR) is 107 cm³/mol. The Morgan fingerprint density at radius 2 is 1.89 bits per heavy atom. The molecule has 144 valence electrons. The van der Waals surface area contributed by atoms with Gasteiger partial charge in [-0.25, -0.2) is 0 Å². The third kappa shape index (κ3) is 2.87. The summed E-state index contributed by atoms with van der Waals surface area (Å²) in [4.78, 5) is 48.2. The fourth-order valence-corrected chi connectivity index (χ4v) is 4.09. The molecule has 0 unspecified atom stereocenters. The number of benzene rings is 1. The zero-order chi connectivity index (χ0) is 20.2. The van der Waals surface area contributed by atoms with E-state index in [1.807, 2.05) is 25.9 Å². The van der Waals surface area contributed by atoms with Crippen molar-refractivity contribution in [3.63, 3.8) is 0 Å². The lowest BCUT2D eigenvalue weighted by atomic mass is 10.0. The average molecular weight is 399 g/mol. The van der Waals surface area contributed by atoms with E-state index < -0.39 is 0 Å². The van der Waals surface area contributed by atoms with E-state index in [0.29, 0.717) is 46.1 Å². The maximum Gasteiger partial charge on any atom is 0.261 e. The molecule has 28 heavy (non-hydrogen) atoms. The summed E-state index contributed by atoms with van der Waals surface area (Å²) < 4.78 is 0. The topological polar surface area (TPSA) is 85.8 Å². The number of carbonyl (C=O) groups is 2. The molecule has 0 spiro atoms. The van der Waals surface area contributed by atoms with Crippen molar-refractivity contribution < 1.29 is 9.59 Å². The summed E-state index contributed by atoms with van der Waals surface area (Å²) in [5, 5.41) is 0.318. The molecule has 2 amide bonds. The summed E-state index contributed by atoms with van der Waals surface area (Å²) in [6, 6.07) is 4.72. The highest BCUT2D eigenvalue weighted by Crippen LogP contribution is 2.36. The monoisotopic (exact) mass is 398 g/mol. The van der Waals surface area contributed by atoms with E-state index in [1.54, 1.807) is 18.2 Å². The molecule has 0 radical (unpaired) electrons. The first-order chi connectivity index (χ1) is 13.3. The van der Waals surface area contributed by atoms with Crippen LogP contribution in [0, 0.1) is 0 Å². The first-order valence-electron chi connectivity index (χ1n) is 8.92. The fraction of sp³-hybridized carbons (Fsp3) is 0.300. The van der Waals surface area contributed by atoms with Crippen LogP contribution in [-0.2, 0) is 6.42 Å². The normalized spacial score (nSPS) is 16.5. The molecule has 0 saturated carbocycles. The Hall–Kier alpha value is -2.77. The third-order valence-electron chi connectivity index (χ3n) is 5.00. The molecule has 0 aliphatic carbocycles. The number of pyridine rings is 1. The number of likely N-dealkylation sites (N-methyl/N-ethyl adjacent to an activating group) is 1. The van der Waals surface area contributed by atoms with Crippen molar-refractivity contribution in [1.29, 1.82) is 0 Å². The van der Waals surface area contributed by atoms with Crippen LogP contribution in [0.15, 0.2) is 34.2 Å². The van der Waals surface area contributed by atoms with Crippen molar-refractivity contribution in [3.05, 3.63) is 62.0 Å². The van der Waals surface area contributed by atoms with Crippen molar-refractivity contribution in [2.75, 3.05) is 20.6 Å². The molecule has 8 heteroatoms. The molecule has 0 bridgehead atoms. The summed E-state index contributed by atoms with van der Waals surface area (Å²) in [7, 11) is 3.80. The second-order valence-electron chi connectivity index (χ2n) is 7.38. The quantitative estimate of drug-likeness (QED) is 0.800. The Bertz CT molecular complexity index is 1100. The number of nitrogens with one attached hydrogen (secondary N) is 1. The summed E-state index contributed by atoms with van der Waals surface area (Å²) in [6.07, 6.45) is 1.86. The molecule has 1 atom stereocenters. The zero-order valence-electron chi connectivity index (χ0n) is 15.7. The van der Waals surface area contributed by atoms with E-state index >= 15 is 0 Å². The molecule has 2 aromatic rings. The van der Waals surface area contributed by atoms with E-state index in [2.05, 4.69) is 9.98 Å². The molecule has 7 nitrogen and oxygen atoms in total. The molecule has 0 fully saturated rings. The largest absolute Gasteiger partial charge is 0.328 e. The van der Waals surface area contributed by atoms with Crippen LogP contribution >= 0.6 is 11.6 Å². The van der Waals surface area contributed by atoms with Crippen molar-refractivity contribution >= 4 is 34.8 Å². The molecule has 2 aliphatic rings. The Labute approximate surface area is 166 Å². The predicted octanol–water partition coefficient (Wildman–Crippen LogP) is 2.25. The van der Waals surface area contributed by atoms with Gasteiger partial charge in [0, 0.05) is 19.2 Å². The molecule has 4 rings (SSSR count). The lowest BCUT2D eigenvalue weighted by molar-refractivity contribution is 0.0576. The smallest absolute Gasteiger partial charge is 0.261 e. The van der Waals surface area contributed by atoms with E-state index in [1.165, 1.54) is 11.1 Å². The number of amides is 2. The van der Waals surface area contributed by atoms with Crippen LogP contribution in [-0.4, -0.2) is 59.0 Å². The van der Waals surface area contributed by atoms with Crippen molar-refractivity contribution in [1.82, 2.24) is 14.8 Å². The molecule has 1 aromatic heterocycles. The zero-order valence-corrected chi connectivity index (χ0v) is 16.5. The Morgan fingerprint density at radius 1 is 1.21 bits per heavy atom. The van der Waals surface area contributed by atoms with Gasteiger partial charge in [-0.15, -0.1) is 0 Å². The minimum atomic E-state index is -0.317. The first-order valence-corrected chi connectivity index (χ1v) is 9.30. The molecule has 2 aliphatic heterocycles. The van der Waals surface area contributed by atoms with Gasteiger partial charge in [0.1, 0.15) is 0 Å². The summed E-state index contributed by atoms with van der Waals surface area (Å²) >= 11 is 6.18. The van der Waals surface area contributed by atoms with Gasteiger partial charge in [0.2, 0.25) is 0 Å². The summed E-state index contributed by atoms with van der Waals surface area (Å²) in [6.45, 7) is 2.44. The molecular formula is C20H19ClN4O3. The SMILES string of the molecule is C[C@@H](CN(C)C)N1C(=O)c2cc3c(cc2C1=O)N=C(c1c(Cl)cc[nH]c1=O)C3. The van der Waals surface area contributed by atoms with Gasteiger partial charge in [-0.05, 0) is 44.8 Å². The Balaban J connectivity index is 1.71. The Morgan fingerprint density at radius 3 is 2.54 bits per heavy atom. The van der Waals surface area contributed by atoms with Crippen LogP contribution < -0.4 is 5.56 Å². The lowest BCUT2D eigenvalue weighted by Crippen LogP contribution is -2.43. The van der Waals surface area contributed by atoms with Crippen LogP contribution in [0.4, 0.5) is 5.69 Å². The number of H-pyrrole nitrogens is 1. The highest BCUT2D eigenvalue weighted by atomic mass is 35.5. The first kappa shape index (κ1) is 18.6. The van der Waals surface area contributed by atoms with Gasteiger partial charge in [0.05, 0.1) is 39.2 Å². The van der Waals surface area contributed by atoms with Crippen LogP contribution in [0.25, 0.3) is 0 Å². The van der Waals surface area contributed by atoms with Crippen molar-refractivity contribution in [3.8, 4) is 0 Å². The minimum Gasteiger partial charge on any atom is -0.328 e. The number of halogens is 1. The summed E-state index contributed by atoms with van der Waals surface area (Å²) in [5.41, 5.74) is 2.67. The highest BCUT2D eigenvalue weighted by molar-refractivity contribution is 6.34. The Kier molecular flexibility index (Phi) is 4.44. The maximum absolute atomic E-state index is 12.9. The van der Waals surface area contributed by atoms with Gasteiger partial charge in [0.15, 0.2) is 0 Å². The van der Waals surface area contributed by atoms with E-state index in [0.717, 1.165) is 5.56 Å². The van der Waals surface area contributed by atoms with E-state index in [-0.39, 0.29) is 23.4 Å². The number of aliphatic imine (C=N–C) groups is 1. The fourth-order valence-electron chi connectivity index (χ4n) is 3.83. The van der Waals surface area contributed by atoms with Gasteiger partial charge in [0.25, 0.3) is 17.4 Å². The van der Waals surface area contributed by atoms with Crippen LogP contribution in [0.2, 0.25) is 5.02 Å². The molecule has 0 saturated heterocycles. The number of nitrogens with zero attached hydrogens (tertiary/aromatic N) is 3. The lowest BCUT2D eigenvalue weighted by Gasteiger charge is -2.25. The molecule has 3 heterocycles. The van der Waals surface area contributed by atoms with E-state index in [4.69, 9.17) is 11.6 Å². The van der Waals surface area contributed by atoms with Gasteiger partial charge in [-0.3, -0.25) is 24.3 Å². The number of imide groups is 1. The van der Waals surface area contributed by atoms with Crippen molar-refractivity contribution in [2.45, 2.75) is 19.4 Å². The average Bonchev–Trinajstić information content (AvgIpc) is 3.11. The van der Waals surface area contributed by atoms with Gasteiger partial charge in [-0.1, -0.05) is 11.6 Å². The number of hydrogen-bond donors (Lipinski definition) is 1. The van der Waals surface area contributed by atoms with Crippen molar-refractivity contribution in [2.24, 2.45) is 4.99 Å². The number of hydrogen-bond acceptors (Lipinski definition) is 5. The summed E-state index contributed by atoms with van der Waals surface area (Å²) in [5.74, 6) is -0.599. The molecule has 1 aromatic carbocycles. The van der Waals surface area contributed by atoms with Crippen LogP contribution in [0.3, 0.4) is 0 Å². The second kappa shape index (κ2) is 6.68. The second-order valence-corrected chi connectivity index (χ2v) is 7.79. The van der Waals surface area contributed by atoms with Gasteiger partial charge < -0.3 is 9.88 Å². The minimum absolute atomic E-state index is 0.238. The number of aromatic nitrogens is 1. The van der Waals surface area contributed by atoms with Crippen LogP contribution in [0.5, 0.6) is 0 Å². The number of fused-ring (bicyclic) bond motifs is 2. The van der Waals surface area contributed by atoms with E-state index in [9.17, 15) is 14.4 Å². The van der Waals surface area contributed by atoms with Gasteiger partial charge >= 0.3 is 0 Å². The maximum atomic E-state index is 12.9. The molecular weight excluding hydrogens is 380 g/mol. The number of rotatable bonds is 4. The highest BCUT2D eigenvalue weighted by Gasteiger charge is 2.40. The van der Waals surface area contributed by atoms with Crippen LogP contribution in [0.1, 0.15) is 38.8 Å². The third-order valence-corrected chi connectivity index (χ3v) is 5.31. The molecule has 1 N–H and O–H groups in total. The standard InChI is InChI=1S/C20H19ClN4O3/c1-10(9-24(2)3)25-19(27)12-6-11-7-16(17-14(21)4-5-22-18(17)26)23-15(11)8-13(12)20(25)28/h4-6,8,10H,7,9H2,1-3H3,(H,22,26)/t10-/m0/s1.